The third-order valence-electron chi connectivity index (χ3n) is 3.95. The van der Waals surface area contributed by atoms with Crippen LogP contribution in [0.25, 0.3) is 0 Å². The van der Waals surface area contributed by atoms with Crippen molar-refractivity contribution in [1.82, 2.24) is 21.3 Å². The molecule has 0 aromatic rings. The van der Waals surface area contributed by atoms with Gasteiger partial charge in [0.1, 0.15) is 25.5 Å². The molecule has 0 aliphatic rings. The van der Waals surface area contributed by atoms with E-state index in [0.29, 0.717) is 72.5 Å². The molecule has 0 spiro atoms. The molecule has 0 aliphatic carbocycles. The van der Waals surface area contributed by atoms with Crippen LogP contribution in [-0.4, -0.2) is 144 Å². The van der Waals surface area contributed by atoms with E-state index in [2.05, 4.69) is 21.3 Å². The Morgan fingerprint density at radius 2 is 0.833 bits per heavy atom. The quantitative estimate of drug-likeness (QED) is 0.0644. The Bertz CT molecular complexity index is 601. The minimum absolute atomic E-state index is 0.0860. The smallest absolute Gasteiger partial charge is 0.246 e. The molecule has 0 aromatic carbocycles. The summed E-state index contributed by atoms with van der Waals surface area (Å²) in [6.45, 7) is 4.22. The van der Waals surface area contributed by atoms with E-state index in [4.69, 9.17) is 28.4 Å². The Hall–Kier alpha value is -2.14. The SMILES string of the molecule is BC(=O)COCC(=O)NCCOCCOCCNC(=O)COCC(=O)NCCOCCOCCNC. The molecule has 0 saturated carbocycles. The molecular formula is C21H41BN4O10. The van der Waals surface area contributed by atoms with Gasteiger partial charge in [-0.1, -0.05) is 0 Å². The van der Waals surface area contributed by atoms with Gasteiger partial charge in [-0.05, 0) is 7.05 Å². The molecule has 4 N–H and O–H groups in total. The highest BCUT2D eigenvalue weighted by atomic mass is 16.5. The fourth-order valence-electron chi connectivity index (χ4n) is 2.28. The molecule has 14 nitrogen and oxygen atoms in total. The van der Waals surface area contributed by atoms with Crippen molar-refractivity contribution in [2.24, 2.45) is 0 Å². The minimum Gasteiger partial charge on any atom is -0.378 e. The van der Waals surface area contributed by atoms with Crippen LogP contribution in [0.1, 0.15) is 0 Å². The first-order valence-corrected chi connectivity index (χ1v) is 11.9. The number of nitrogens with one attached hydrogen (secondary N) is 4. The maximum absolute atomic E-state index is 11.7. The van der Waals surface area contributed by atoms with E-state index < -0.39 is 0 Å². The van der Waals surface area contributed by atoms with Crippen LogP contribution in [0, 0.1) is 0 Å². The minimum atomic E-state index is -0.354. The first kappa shape index (κ1) is 33.9. The van der Waals surface area contributed by atoms with Gasteiger partial charge in [-0.15, -0.1) is 0 Å². The van der Waals surface area contributed by atoms with E-state index >= 15 is 0 Å². The van der Waals surface area contributed by atoms with E-state index in [1.807, 2.05) is 7.05 Å². The van der Waals surface area contributed by atoms with Crippen LogP contribution >= 0.6 is 0 Å². The third kappa shape index (κ3) is 26.5. The van der Waals surface area contributed by atoms with Gasteiger partial charge in [-0.2, -0.15) is 0 Å². The maximum atomic E-state index is 11.7. The monoisotopic (exact) mass is 520 g/mol. The van der Waals surface area contributed by atoms with Gasteiger partial charge in [0.25, 0.3) is 0 Å². The summed E-state index contributed by atoms with van der Waals surface area (Å²) in [5, 5.41) is 10.8. The summed E-state index contributed by atoms with van der Waals surface area (Å²) in [7, 11) is 3.23. The highest BCUT2D eigenvalue weighted by Crippen LogP contribution is 1.82. The lowest BCUT2D eigenvalue weighted by molar-refractivity contribution is -0.131. The second-order valence-corrected chi connectivity index (χ2v) is 7.29. The van der Waals surface area contributed by atoms with Crippen LogP contribution in [0.3, 0.4) is 0 Å². The molecule has 0 saturated heterocycles. The molecule has 0 bridgehead atoms. The molecule has 0 aromatic heterocycles. The summed E-state index contributed by atoms with van der Waals surface area (Å²) in [5.41, 5.74) is -0.144. The van der Waals surface area contributed by atoms with Gasteiger partial charge in [-0.25, -0.2) is 0 Å². The molecular weight excluding hydrogens is 479 g/mol. The second-order valence-electron chi connectivity index (χ2n) is 7.29. The lowest BCUT2D eigenvalue weighted by Crippen LogP contribution is -2.34. The standard InChI is InChI=1S/C21H41BN4O10/c1-23-2-6-31-10-11-32-8-4-25-20(29)16-36-17-21(30)26-5-9-34-13-12-33-7-3-24-19(28)15-35-14-18(22)27/h23H,2-17,22H2,1H3,(H,24,28)(H,25,29)(H,26,30). The van der Waals surface area contributed by atoms with Crippen LogP contribution in [0.15, 0.2) is 0 Å². The molecule has 0 rings (SSSR count). The maximum Gasteiger partial charge on any atom is 0.246 e. The molecule has 0 unspecified atom stereocenters. The zero-order valence-corrected chi connectivity index (χ0v) is 21.4. The van der Waals surface area contributed by atoms with E-state index in [0.717, 1.165) is 6.54 Å². The van der Waals surface area contributed by atoms with Crippen molar-refractivity contribution in [3.63, 3.8) is 0 Å². The van der Waals surface area contributed by atoms with Crippen LogP contribution < -0.4 is 21.3 Å². The fourth-order valence-corrected chi connectivity index (χ4v) is 2.28. The topological polar surface area (TPSA) is 172 Å². The number of hydrogen-bond acceptors (Lipinski definition) is 11. The van der Waals surface area contributed by atoms with Gasteiger partial charge in [0.05, 0.1) is 59.5 Å². The molecule has 0 atom stereocenters. The van der Waals surface area contributed by atoms with Crippen LogP contribution in [0.5, 0.6) is 0 Å². The number of carbonyl (C=O) groups excluding carboxylic acids is 4. The number of hydrogen-bond donors (Lipinski definition) is 4. The van der Waals surface area contributed by atoms with E-state index in [1.165, 1.54) is 7.85 Å². The Balaban J connectivity index is 3.36. The average Bonchev–Trinajstić information content (AvgIpc) is 2.84. The van der Waals surface area contributed by atoms with E-state index in [1.54, 1.807) is 0 Å². The van der Waals surface area contributed by atoms with Crippen molar-refractivity contribution in [3.05, 3.63) is 0 Å². The zero-order valence-electron chi connectivity index (χ0n) is 21.4. The first-order chi connectivity index (χ1) is 17.5. The molecule has 0 radical (unpaired) electrons. The zero-order chi connectivity index (χ0) is 26.7. The van der Waals surface area contributed by atoms with Gasteiger partial charge in [0.15, 0.2) is 7.85 Å². The lowest BCUT2D eigenvalue weighted by atomic mass is 10.1. The number of amides is 3. The Kier molecular flexibility index (Phi) is 24.4. The largest absolute Gasteiger partial charge is 0.378 e. The van der Waals surface area contributed by atoms with Crippen molar-refractivity contribution in [3.8, 4) is 0 Å². The number of carbonyl (C=O) groups is 4. The fraction of sp³-hybridized carbons (Fsp3) is 0.810. The molecule has 15 heteroatoms. The summed E-state index contributed by atoms with van der Waals surface area (Å²) in [6.07, 6.45) is 0. The third-order valence-corrected chi connectivity index (χ3v) is 3.95. The predicted molar refractivity (Wildman–Crippen MR) is 131 cm³/mol. The van der Waals surface area contributed by atoms with Crippen molar-refractivity contribution in [1.29, 1.82) is 0 Å². The number of ether oxygens (including phenoxy) is 6. The van der Waals surface area contributed by atoms with Crippen molar-refractivity contribution < 1.29 is 47.6 Å². The van der Waals surface area contributed by atoms with Gasteiger partial charge in [0, 0.05) is 26.2 Å². The van der Waals surface area contributed by atoms with Gasteiger partial charge in [-0.3, -0.25) is 14.4 Å². The first-order valence-electron chi connectivity index (χ1n) is 11.9. The highest BCUT2D eigenvalue weighted by Gasteiger charge is 2.05. The highest BCUT2D eigenvalue weighted by molar-refractivity contribution is 6.58. The predicted octanol–water partition coefficient (Wildman–Crippen LogP) is -4.19. The number of likely N-dealkylation sites (N-methyl/N-ethyl adjacent to an activating group) is 1. The molecule has 208 valence electrons. The van der Waals surface area contributed by atoms with Crippen LogP contribution in [-0.2, 0) is 47.6 Å². The molecule has 36 heavy (non-hydrogen) atoms. The normalized spacial score (nSPS) is 10.7. The lowest BCUT2D eigenvalue weighted by Gasteiger charge is -2.09. The van der Waals surface area contributed by atoms with Crippen molar-refractivity contribution in [2.45, 2.75) is 0 Å². The van der Waals surface area contributed by atoms with E-state index in [-0.39, 0.29) is 49.8 Å². The molecule has 0 heterocycles. The van der Waals surface area contributed by atoms with Crippen molar-refractivity contribution in [2.75, 3.05) is 113 Å². The van der Waals surface area contributed by atoms with Crippen molar-refractivity contribution >= 4 is 31.3 Å². The van der Waals surface area contributed by atoms with Gasteiger partial charge < -0.3 is 54.5 Å². The average molecular weight is 520 g/mol. The summed E-state index contributed by atoms with van der Waals surface area (Å²) in [4.78, 5) is 45.4. The Morgan fingerprint density at radius 3 is 1.17 bits per heavy atom. The molecule has 0 fully saturated rings. The Morgan fingerprint density at radius 1 is 0.500 bits per heavy atom. The summed E-state index contributed by atoms with van der Waals surface area (Å²) in [5.74, 6) is -1.01. The van der Waals surface area contributed by atoms with Gasteiger partial charge >= 0.3 is 0 Å². The summed E-state index contributed by atoms with van der Waals surface area (Å²) >= 11 is 0. The Labute approximate surface area is 213 Å². The summed E-state index contributed by atoms with van der Waals surface area (Å²) in [6, 6.07) is 0. The summed E-state index contributed by atoms with van der Waals surface area (Å²) < 4.78 is 31.2. The molecule has 3 amide bonds. The molecule has 0 aliphatic heterocycles. The number of rotatable bonds is 26. The van der Waals surface area contributed by atoms with Gasteiger partial charge in [0.2, 0.25) is 17.7 Å². The van der Waals surface area contributed by atoms with Crippen LogP contribution in [0.4, 0.5) is 0 Å². The van der Waals surface area contributed by atoms with Crippen LogP contribution in [0.2, 0.25) is 0 Å². The second kappa shape index (κ2) is 25.9. The van der Waals surface area contributed by atoms with E-state index in [9.17, 15) is 19.2 Å².